The van der Waals surface area contributed by atoms with Crippen molar-refractivity contribution >= 4 is 10.8 Å². The fourth-order valence-electron chi connectivity index (χ4n) is 3.27. The monoisotopic (exact) mass is 373 g/mol. The number of benzene rings is 1. The van der Waals surface area contributed by atoms with Crippen LogP contribution in [0.4, 0.5) is 13.2 Å². The Balaban J connectivity index is 1.33. The van der Waals surface area contributed by atoms with Gasteiger partial charge >= 0.3 is 0 Å². The molecular formula is C20H18F3N3O. The first-order chi connectivity index (χ1) is 13.1. The lowest BCUT2D eigenvalue weighted by Gasteiger charge is -2.36. The molecule has 2 aromatic heterocycles. The fraction of sp³-hybridized carbons (Fsp3) is 0.300. The van der Waals surface area contributed by atoms with Gasteiger partial charge in [-0.3, -0.25) is 9.97 Å². The minimum atomic E-state index is -2.62. The third-order valence-corrected chi connectivity index (χ3v) is 4.82. The number of hydrogen-bond donors (Lipinski definition) is 1. The predicted molar refractivity (Wildman–Crippen MR) is 95.2 cm³/mol. The number of nitrogens with one attached hydrogen (secondary N) is 1. The summed E-state index contributed by atoms with van der Waals surface area (Å²) in [5.41, 5.74) is 0.331. The van der Waals surface area contributed by atoms with Crippen molar-refractivity contribution in [2.75, 3.05) is 0 Å². The van der Waals surface area contributed by atoms with E-state index in [1.54, 1.807) is 24.5 Å². The van der Waals surface area contributed by atoms with E-state index in [-0.39, 0.29) is 23.7 Å². The molecule has 0 spiro atoms. The molecule has 0 radical (unpaired) electrons. The largest absolute Gasteiger partial charge is 0.490 e. The van der Waals surface area contributed by atoms with E-state index < -0.39 is 6.43 Å². The average Bonchev–Trinajstić information content (AvgIpc) is 2.65. The average molecular weight is 373 g/mol. The molecule has 2 heterocycles. The number of hydrogen-bond acceptors (Lipinski definition) is 4. The fourth-order valence-corrected chi connectivity index (χ4v) is 3.27. The Bertz CT molecular complexity index is 945. The molecular weight excluding hydrogens is 355 g/mol. The normalized spacial score (nSPS) is 19.3. The lowest BCUT2D eigenvalue weighted by molar-refractivity contribution is 0.0831. The third-order valence-electron chi connectivity index (χ3n) is 4.82. The molecule has 0 unspecified atom stereocenters. The number of rotatable bonds is 6. The Morgan fingerprint density at radius 3 is 2.81 bits per heavy atom. The van der Waals surface area contributed by atoms with E-state index in [9.17, 15) is 13.2 Å². The highest BCUT2D eigenvalue weighted by Gasteiger charge is 2.31. The van der Waals surface area contributed by atoms with Crippen LogP contribution in [0.5, 0.6) is 5.75 Å². The molecule has 1 saturated carbocycles. The van der Waals surface area contributed by atoms with Gasteiger partial charge in [0.1, 0.15) is 23.4 Å². The van der Waals surface area contributed by atoms with Crippen molar-refractivity contribution in [3.8, 4) is 5.75 Å². The quantitative estimate of drug-likeness (QED) is 0.695. The second kappa shape index (κ2) is 7.52. The molecule has 4 rings (SSSR count). The molecule has 4 nitrogen and oxygen atoms in total. The number of aromatic nitrogens is 2. The van der Waals surface area contributed by atoms with Crippen molar-refractivity contribution in [2.24, 2.45) is 0 Å². The second-order valence-electron chi connectivity index (χ2n) is 6.63. The summed E-state index contributed by atoms with van der Waals surface area (Å²) in [6.07, 6.45) is 3.51. The maximum absolute atomic E-state index is 14.2. The summed E-state index contributed by atoms with van der Waals surface area (Å²) in [6, 6.07) is 8.03. The topological polar surface area (TPSA) is 47.0 Å². The van der Waals surface area contributed by atoms with E-state index in [1.165, 1.54) is 18.3 Å². The number of alkyl halides is 2. The maximum Gasteiger partial charge on any atom is 0.280 e. The molecule has 1 N–H and O–H groups in total. The zero-order valence-electron chi connectivity index (χ0n) is 14.4. The van der Waals surface area contributed by atoms with Gasteiger partial charge in [-0.25, -0.2) is 13.2 Å². The Hall–Kier alpha value is -2.67. The molecule has 0 saturated heterocycles. The van der Waals surface area contributed by atoms with Gasteiger partial charge in [-0.2, -0.15) is 0 Å². The number of halogens is 3. The van der Waals surface area contributed by atoms with Gasteiger partial charge in [-0.15, -0.1) is 0 Å². The van der Waals surface area contributed by atoms with Crippen LogP contribution in [-0.4, -0.2) is 22.1 Å². The van der Waals surface area contributed by atoms with Crippen LogP contribution in [0.25, 0.3) is 10.8 Å². The smallest absolute Gasteiger partial charge is 0.280 e. The molecule has 0 atom stereocenters. The molecule has 1 aliphatic carbocycles. The third kappa shape index (κ3) is 3.88. The second-order valence-corrected chi connectivity index (χ2v) is 6.63. The Labute approximate surface area is 154 Å². The van der Waals surface area contributed by atoms with Crippen LogP contribution in [0, 0.1) is 5.82 Å². The van der Waals surface area contributed by atoms with E-state index in [0.29, 0.717) is 17.9 Å². The zero-order valence-corrected chi connectivity index (χ0v) is 14.4. The summed E-state index contributed by atoms with van der Waals surface area (Å²) in [4.78, 5) is 7.68. The molecule has 1 fully saturated rings. The van der Waals surface area contributed by atoms with Gasteiger partial charge in [0.15, 0.2) is 0 Å². The molecule has 27 heavy (non-hydrogen) atoms. The molecule has 0 aliphatic heterocycles. The Morgan fingerprint density at radius 2 is 2.00 bits per heavy atom. The van der Waals surface area contributed by atoms with Crippen LogP contribution in [0.1, 0.15) is 30.5 Å². The van der Waals surface area contributed by atoms with E-state index in [2.05, 4.69) is 15.3 Å². The molecule has 3 aromatic rings. The van der Waals surface area contributed by atoms with Gasteiger partial charge in [0, 0.05) is 48.2 Å². The van der Waals surface area contributed by atoms with E-state index >= 15 is 0 Å². The maximum atomic E-state index is 14.2. The number of ether oxygens (including phenoxy) is 1. The summed E-state index contributed by atoms with van der Waals surface area (Å²) < 4.78 is 45.3. The highest BCUT2D eigenvalue weighted by Crippen LogP contribution is 2.29. The molecule has 0 bridgehead atoms. The lowest BCUT2D eigenvalue weighted by Crippen LogP contribution is -2.46. The predicted octanol–water partition coefficient (Wildman–Crippen LogP) is 4.41. The summed E-state index contributed by atoms with van der Waals surface area (Å²) in [5, 5.41) is 5.09. The number of fused-ring (bicyclic) bond motifs is 1. The first-order valence-corrected chi connectivity index (χ1v) is 8.75. The minimum Gasteiger partial charge on any atom is -0.490 e. The van der Waals surface area contributed by atoms with Gasteiger partial charge in [0.2, 0.25) is 0 Å². The van der Waals surface area contributed by atoms with Crippen molar-refractivity contribution in [3.63, 3.8) is 0 Å². The molecule has 0 amide bonds. The number of nitrogens with zero attached hydrogens (tertiary/aromatic N) is 2. The molecule has 7 heteroatoms. The summed E-state index contributed by atoms with van der Waals surface area (Å²) in [6.45, 7) is 0.412. The Kier molecular flexibility index (Phi) is 4.94. The van der Waals surface area contributed by atoms with Crippen molar-refractivity contribution in [1.82, 2.24) is 15.3 Å². The van der Waals surface area contributed by atoms with Crippen LogP contribution in [0.3, 0.4) is 0 Å². The van der Waals surface area contributed by atoms with E-state index in [4.69, 9.17) is 4.74 Å². The van der Waals surface area contributed by atoms with Gasteiger partial charge in [-0.1, -0.05) is 0 Å². The van der Waals surface area contributed by atoms with E-state index in [1.807, 2.05) is 6.07 Å². The summed E-state index contributed by atoms with van der Waals surface area (Å²) in [7, 11) is 0. The molecule has 1 aromatic carbocycles. The molecule has 140 valence electrons. The highest BCUT2D eigenvalue weighted by atomic mass is 19.3. The molecule has 1 aliphatic rings. The van der Waals surface area contributed by atoms with Crippen molar-refractivity contribution in [3.05, 3.63) is 66.0 Å². The summed E-state index contributed by atoms with van der Waals surface area (Å²) >= 11 is 0. The standard InChI is InChI=1S/C20H18F3N3O/c21-18-2-1-12-10-24-5-4-16(12)17(18)11-26-13-7-15(8-13)27-14-3-6-25-19(9-14)20(22)23/h1-6,9-10,13,15,20,26H,7-8,11H2. The van der Waals surface area contributed by atoms with Gasteiger partial charge in [-0.05, 0) is 42.5 Å². The van der Waals surface area contributed by atoms with Crippen LogP contribution >= 0.6 is 0 Å². The SMILES string of the molecule is Fc1ccc2cnccc2c1CNC1CC(Oc2ccnc(C(F)F)c2)C1. The first-order valence-electron chi connectivity index (χ1n) is 8.75. The van der Waals surface area contributed by atoms with Crippen molar-refractivity contribution < 1.29 is 17.9 Å². The van der Waals surface area contributed by atoms with Gasteiger partial charge in [0.25, 0.3) is 6.43 Å². The summed E-state index contributed by atoms with van der Waals surface area (Å²) in [5.74, 6) is 0.154. The van der Waals surface area contributed by atoms with Crippen molar-refractivity contribution in [2.45, 2.75) is 38.0 Å². The van der Waals surface area contributed by atoms with Gasteiger partial charge in [0.05, 0.1) is 0 Å². The van der Waals surface area contributed by atoms with Gasteiger partial charge < -0.3 is 10.1 Å². The van der Waals surface area contributed by atoms with Crippen LogP contribution in [0.2, 0.25) is 0 Å². The van der Waals surface area contributed by atoms with E-state index in [0.717, 1.165) is 23.6 Å². The van der Waals surface area contributed by atoms with Crippen LogP contribution < -0.4 is 10.1 Å². The highest BCUT2D eigenvalue weighted by molar-refractivity contribution is 5.84. The van der Waals surface area contributed by atoms with Crippen LogP contribution in [0.15, 0.2) is 48.9 Å². The zero-order chi connectivity index (χ0) is 18.8. The van der Waals surface area contributed by atoms with Crippen molar-refractivity contribution in [1.29, 1.82) is 0 Å². The lowest BCUT2D eigenvalue weighted by atomic mass is 9.89. The minimum absolute atomic E-state index is 0.0445. The first kappa shape index (κ1) is 17.7. The Morgan fingerprint density at radius 1 is 1.15 bits per heavy atom. The number of pyridine rings is 2. The van der Waals surface area contributed by atoms with Crippen LogP contribution in [-0.2, 0) is 6.54 Å².